The summed E-state index contributed by atoms with van der Waals surface area (Å²) in [6, 6.07) is 4.06. The molecule has 0 spiro atoms. The third-order valence-corrected chi connectivity index (χ3v) is 5.62. The number of primary amides is 1. The first-order valence-corrected chi connectivity index (χ1v) is 9.86. The van der Waals surface area contributed by atoms with E-state index in [1.54, 1.807) is 20.3 Å². The van der Waals surface area contributed by atoms with Crippen molar-refractivity contribution in [3.05, 3.63) is 18.2 Å². The number of carbonyl (C=O) groups excluding carboxylic acids is 3. The van der Waals surface area contributed by atoms with Crippen LogP contribution in [0.4, 0.5) is 10.5 Å². The first-order chi connectivity index (χ1) is 14.8. The maximum atomic E-state index is 13.2. The molecule has 4 rings (SSSR count). The number of imide groups is 1. The van der Waals surface area contributed by atoms with Crippen molar-refractivity contribution in [3.63, 3.8) is 0 Å². The van der Waals surface area contributed by atoms with Gasteiger partial charge in [0.25, 0.3) is 5.91 Å². The number of aliphatic imine (C=N–C) groups is 1. The Balaban J connectivity index is 1.80. The quantitative estimate of drug-likeness (QED) is 0.641. The number of hydrogen-bond acceptors (Lipinski definition) is 7. The summed E-state index contributed by atoms with van der Waals surface area (Å²) >= 11 is 0. The SMILES string of the molecule is COc1ccc(N2CC(C)C[N+]3=C2N=C2C3C(=O)N(CC(N)=O)C(=O)N2C)c(OC)c1. The number of rotatable bonds is 5. The molecule has 1 aromatic rings. The summed E-state index contributed by atoms with van der Waals surface area (Å²) in [5.41, 5.74) is 6.02. The number of hydrogen-bond donors (Lipinski definition) is 1. The van der Waals surface area contributed by atoms with Gasteiger partial charge in [-0.15, -0.1) is 0 Å². The van der Waals surface area contributed by atoms with Crippen LogP contribution in [-0.4, -0.2) is 91.0 Å². The highest BCUT2D eigenvalue weighted by Crippen LogP contribution is 2.35. The molecule has 0 aromatic heterocycles. The Bertz CT molecular complexity index is 1030. The largest absolute Gasteiger partial charge is 0.497 e. The van der Waals surface area contributed by atoms with E-state index in [1.807, 2.05) is 21.6 Å². The molecule has 3 heterocycles. The Kier molecular flexibility index (Phi) is 5.03. The van der Waals surface area contributed by atoms with Gasteiger partial charge in [0.1, 0.15) is 18.0 Å². The molecule has 31 heavy (non-hydrogen) atoms. The number of amides is 4. The van der Waals surface area contributed by atoms with E-state index in [0.29, 0.717) is 36.4 Å². The fourth-order valence-corrected chi connectivity index (χ4v) is 4.21. The summed E-state index contributed by atoms with van der Waals surface area (Å²) in [6.45, 7) is 2.82. The second-order valence-electron chi connectivity index (χ2n) is 7.81. The van der Waals surface area contributed by atoms with Gasteiger partial charge >= 0.3 is 12.0 Å². The molecule has 0 bridgehead atoms. The number of guanidine groups is 1. The smallest absolute Gasteiger partial charge is 0.397 e. The summed E-state index contributed by atoms with van der Waals surface area (Å²) in [4.78, 5) is 46.1. The van der Waals surface area contributed by atoms with Gasteiger partial charge < -0.3 is 15.2 Å². The van der Waals surface area contributed by atoms with Crippen LogP contribution >= 0.6 is 0 Å². The molecule has 164 valence electrons. The first-order valence-electron chi connectivity index (χ1n) is 9.86. The average molecular weight is 429 g/mol. The second kappa shape index (κ2) is 7.56. The molecule has 3 aliphatic rings. The minimum absolute atomic E-state index is 0.186. The Hall–Kier alpha value is -3.63. The monoisotopic (exact) mass is 429 g/mol. The van der Waals surface area contributed by atoms with Gasteiger partial charge in [-0.05, 0) is 12.1 Å². The minimum Gasteiger partial charge on any atom is -0.497 e. The van der Waals surface area contributed by atoms with Crippen molar-refractivity contribution in [3.8, 4) is 11.5 Å². The van der Waals surface area contributed by atoms with Crippen LogP contribution in [0, 0.1) is 5.92 Å². The maximum absolute atomic E-state index is 13.2. The second-order valence-corrected chi connectivity index (χ2v) is 7.81. The highest BCUT2D eigenvalue weighted by molar-refractivity contribution is 6.24. The molecule has 3 aliphatic heterocycles. The molecular formula is C20H25N6O5+. The van der Waals surface area contributed by atoms with E-state index < -0.39 is 30.4 Å². The topological polar surface area (TPSA) is 121 Å². The zero-order chi connectivity index (χ0) is 22.4. The number of nitrogens with two attached hydrogens (primary N) is 1. The normalized spacial score (nSPS) is 23.0. The number of anilines is 1. The predicted molar refractivity (Wildman–Crippen MR) is 111 cm³/mol. The van der Waals surface area contributed by atoms with Crippen molar-refractivity contribution in [2.45, 2.75) is 13.0 Å². The highest BCUT2D eigenvalue weighted by Gasteiger charge is 2.55. The molecule has 2 unspecified atom stereocenters. The van der Waals surface area contributed by atoms with Gasteiger partial charge in [-0.3, -0.25) is 19.4 Å². The molecule has 11 nitrogen and oxygen atoms in total. The van der Waals surface area contributed by atoms with E-state index in [4.69, 9.17) is 15.2 Å². The van der Waals surface area contributed by atoms with E-state index in [9.17, 15) is 14.4 Å². The fourth-order valence-electron chi connectivity index (χ4n) is 4.21. The predicted octanol–water partition coefficient (Wildman–Crippen LogP) is -0.312. The molecule has 1 saturated heterocycles. The summed E-state index contributed by atoms with van der Waals surface area (Å²) in [5.74, 6) is 1.06. The fraction of sp³-hybridized carbons (Fsp3) is 0.450. The van der Waals surface area contributed by atoms with Crippen LogP contribution in [0.1, 0.15) is 6.92 Å². The van der Waals surface area contributed by atoms with Gasteiger partial charge in [0.05, 0.1) is 27.3 Å². The maximum Gasteiger partial charge on any atom is 0.397 e. The van der Waals surface area contributed by atoms with E-state index >= 15 is 0 Å². The Morgan fingerprint density at radius 1 is 1.29 bits per heavy atom. The molecule has 0 aliphatic carbocycles. The van der Waals surface area contributed by atoms with Crippen molar-refractivity contribution in [2.75, 3.05) is 45.8 Å². The molecule has 2 atom stereocenters. The molecule has 2 N–H and O–H groups in total. The summed E-state index contributed by atoms with van der Waals surface area (Å²) in [6.07, 6.45) is 0. The lowest BCUT2D eigenvalue weighted by Crippen LogP contribution is -2.64. The number of fused-ring (bicyclic) bond motifs is 2. The number of likely N-dealkylation sites (N-methyl/N-ethyl adjacent to an activating group) is 1. The number of benzene rings is 1. The summed E-state index contributed by atoms with van der Waals surface area (Å²) in [5, 5.41) is 0. The van der Waals surface area contributed by atoms with Crippen molar-refractivity contribution in [1.29, 1.82) is 0 Å². The lowest BCUT2D eigenvalue weighted by atomic mass is 10.1. The lowest BCUT2D eigenvalue weighted by Gasteiger charge is -2.35. The Morgan fingerprint density at radius 2 is 2.03 bits per heavy atom. The lowest BCUT2D eigenvalue weighted by molar-refractivity contribution is -0.545. The van der Waals surface area contributed by atoms with Crippen LogP contribution in [-0.2, 0) is 9.59 Å². The standard InChI is InChI=1S/C20H24N6O5/c1-11-8-24(13-6-5-12(30-3)7-14(13)31-4)19-22-17-16(25(19)9-11)18(28)26(10-15(21)27)20(29)23(17)2/h5-7,11,16H,8-10H2,1-4H3,(H-,21,27)/p+1. The third kappa shape index (κ3) is 3.25. The third-order valence-electron chi connectivity index (χ3n) is 5.62. The van der Waals surface area contributed by atoms with Crippen LogP contribution in [0.25, 0.3) is 0 Å². The number of carbonyl (C=O) groups is 3. The van der Waals surface area contributed by atoms with Gasteiger partial charge in [-0.2, -0.15) is 0 Å². The molecule has 1 fully saturated rings. The molecule has 11 heteroatoms. The highest BCUT2D eigenvalue weighted by atomic mass is 16.5. The van der Waals surface area contributed by atoms with Gasteiger partial charge in [-0.1, -0.05) is 11.9 Å². The first kappa shape index (κ1) is 20.6. The Morgan fingerprint density at radius 3 is 2.68 bits per heavy atom. The van der Waals surface area contributed by atoms with Crippen LogP contribution in [0.15, 0.2) is 23.2 Å². The number of amidine groups is 1. The summed E-state index contributed by atoms with van der Waals surface area (Å²) < 4.78 is 12.7. The number of methoxy groups -OCH3 is 2. The van der Waals surface area contributed by atoms with Gasteiger partial charge in [0, 0.05) is 19.0 Å². The van der Waals surface area contributed by atoms with E-state index in [0.717, 1.165) is 10.6 Å². The zero-order valence-electron chi connectivity index (χ0n) is 17.9. The molecular weight excluding hydrogens is 404 g/mol. The van der Waals surface area contributed by atoms with E-state index in [-0.39, 0.29) is 5.92 Å². The Labute approximate surface area is 179 Å². The van der Waals surface area contributed by atoms with Crippen LogP contribution in [0.3, 0.4) is 0 Å². The van der Waals surface area contributed by atoms with Crippen molar-refractivity contribution in [2.24, 2.45) is 16.6 Å². The molecule has 0 radical (unpaired) electrons. The van der Waals surface area contributed by atoms with Crippen molar-refractivity contribution in [1.82, 2.24) is 9.80 Å². The van der Waals surface area contributed by atoms with Crippen LogP contribution in [0.5, 0.6) is 11.5 Å². The number of ether oxygens (including phenoxy) is 2. The van der Waals surface area contributed by atoms with Crippen LogP contribution in [0.2, 0.25) is 0 Å². The number of nitrogens with zero attached hydrogens (tertiary/aromatic N) is 5. The average Bonchev–Trinajstić information content (AvgIpc) is 3.13. The van der Waals surface area contributed by atoms with Crippen molar-refractivity contribution < 1.29 is 28.4 Å². The van der Waals surface area contributed by atoms with Gasteiger partial charge in [-0.25, -0.2) is 14.3 Å². The molecule has 4 amide bonds. The van der Waals surface area contributed by atoms with Crippen LogP contribution < -0.4 is 20.1 Å². The van der Waals surface area contributed by atoms with Gasteiger partial charge in [0.2, 0.25) is 17.8 Å². The molecule has 1 aromatic carbocycles. The van der Waals surface area contributed by atoms with E-state index in [2.05, 4.69) is 11.9 Å². The minimum atomic E-state index is -0.799. The number of urea groups is 1. The molecule has 0 saturated carbocycles. The van der Waals surface area contributed by atoms with E-state index in [1.165, 1.54) is 11.9 Å². The zero-order valence-corrected chi connectivity index (χ0v) is 17.9. The summed E-state index contributed by atoms with van der Waals surface area (Å²) in [7, 11) is 4.69. The van der Waals surface area contributed by atoms with Crippen molar-refractivity contribution >= 4 is 35.3 Å². The van der Waals surface area contributed by atoms with Gasteiger partial charge in [0.15, 0.2) is 5.75 Å².